The Morgan fingerprint density at radius 2 is 1.90 bits per heavy atom. The van der Waals surface area contributed by atoms with Gasteiger partial charge < -0.3 is 19.9 Å². The van der Waals surface area contributed by atoms with Gasteiger partial charge in [0.15, 0.2) is 11.6 Å². The number of likely N-dealkylation sites (N-methyl/N-ethyl adjacent to an activating group) is 1. The second-order valence-corrected chi connectivity index (χ2v) is 7.44. The Hall–Kier alpha value is -3.04. The van der Waals surface area contributed by atoms with E-state index >= 15 is 0 Å². The molecular weight excluding hydrogens is 435 g/mol. The first-order valence-electron chi connectivity index (χ1n) is 9.44. The Kier molecular flexibility index (Phi) is 5.63. The molecule has 162 valence electrons. The summed E-state index contributed by atoms with van der Waals surface area (Å²) in [5.41, 5.74) is 0.571. The molecule has 0 radical (unpaired) electrons. The van der Waals surface area contributed by atoms with Crippen LogP contribution in [-0.2, 0) is 11.3 Å². The van der Waals surface area contributed by atoms with Crippen molar-refractivity contribution in [1.82, 2.24) is 9.88 Å². The maximum atomic E-state index is 14.0. The zero-order valence-electron chi connectivity index (χ0n) is 16.3. The van der Waals surface area contributed by atoms with E-state index in [0.717, 1.165) is 18.2 Å². The highest BCUT2D eigenvalue weighted by molar-refractivity contribution is 6.31. The third kappa shape index (κ3) is 3.86. The molecule has 1 aliphatic rings. The highest BCUT2D eigenvalue weighted by Crippen LogP contribution is 2.34. The molecular formula is C21H17ClF3N3O3. The number of aromatic amines is 1. The summed E-state index contributed by atoms with van der Waals surface area (Å²) < 4.78 is 46.7. The molecule has 1 unspecified atom stereocenters. The number of carbonyl (C=O) groups excluding carboxylic acids is 1. The number of carbonyl (C=O) groups is 1. The Morgan fingerprint density at radius 1 is 1.19 bits per heavy atom. The van der Waals surface area contributed by atoms with Crippen LogP contribution in [0.4, 0.5) is 23.7 Å². The largest absolute Gasteiger partial charge is 0.373 e. The molecule has 2 heterocycles. The summed E-state index contributed by atoms with van der Waals surface area (Å²) in [5, 5.41) is 2.69. The van der Waals surface area contributed by atoms with Crippen molar-refractivity contribution in [2.75, 3.05) is 18.5 Å². The normalized spacial score (nSPS) is 15.6. The van der Waals surface area contributed by atoms with Crippen molar-refractivity contribution in [2.45, 2.75) is 19.6 Å². The first-order valence-corrected chi connectivity index (χ1v) is 9.82. The predicted octanol–water partition coefficient (Wildman–Crippen LogP) is 4.72. The molecule has 2 amide bonds. The molecule has 0 aliphatic carbocycles. The molecule has 2 N–H and O–H groups in total. The highest BCUT2D eigenvalue weighted by Gasteiger charge is 2.32. The number of amides is 2. The van der Waals surface area contributed by atoms with Gasteiger partial charge in [0.2, 0.25) is 0 Å². The second-order valence-electron chi connectivity index (χ2n) is 7.03. The van der Waals surface area contributed by atoms with Crippen molar-refractivity contribution in [1.29, 1.82) is 0 Å². The molecule has 0 bridgehead atoms. The van der Waals surface area contributed by atoms with E-state index in [9.17, 15) is 22.8 Å². The van der Waals surface area contributed by atoms with Crippen LogP contribution in [0.5, 0.6) is 0 Å². The Balaban J connectivity index is 1.77. The van der Waals surface area contributed by atoms with Crippen molar-refractivity contribution in [3.05, 3.63) is 74.4 Å². The van der Waals surface area contributed by atoms with E-state index in [0.29, 0.717) is 11.3 Å². The minimum atomic E-state index is -1.14. The van der Waals surface area contributed by atoms with Crippen LogP contribution in [-0.4, -0.2) is 29.1 Å². The number of rotatable bonds is 3. The Morgan fingerprint density at radius 3 is 2.58 bits per heavy atom. The maximum absolute atomic E-state index is 14.0. The van der Waals surface area contributed by atoms with E-state index in [4.69, 9.17) is 16.3 Å². The van der Waals surface area contributed by atoms with Crippen molar-refractivity contribution in [3.8, 4) is 0 Å². The molecule has 2 aromatic carbocycles. The smallest absolute Gasteiger partial charge is 0.322 e. The molecule has 1 aromatic heterocycles. The van der Waals surface area contributed by atoms with E-state index in [1.807, 2.05) is 0 Å². The lowest BCUT2D eigenvalue weighted by atomic mass is 9.95. The summed E-state index contributed by atoms with van der Waals surface area (Å²) in [4.78, 5) is 29.4. The predicted molar refractivity (Wildman–Crippen MR) is 110 cm³/mol. The van der Waals surface area contributed by atoms with Crippen molar-refractivity contribution >= 4 is 34.1 Å². The molecule has 1 aliphatic heterocycles. The van der Waals surface area contributed by atoms with Crippen LogP contribution < -0.4 is 10.9 Å². The number of aromatic nitrogens is 1. The van der Waals surface area contributed by atoms with Gasteiger partial charge in [-0.15, -0.1) is 0 Å². The van der Waals surface area contributed by atoms with E-state index in [-0.39, 0.29) is 41.2 Å². The van der Waals surface area contributed by atoms with E-state index in [1.54, 1.807) is 6.92 Å². The monoisotopic (exact) mass is 451 g/mol. The van der Waals surface area contributed by atoms with Gasteiger partial charge in [0.1, 0.15) is 5.82 Å². The van der Waals surface area contributed by atoms with E-state index in [2.05, 4.69) is 10.3 Å². The number of urea groups is 1. The van der Waals surface area contributed by atoms with Crippen molar-refractivity contribution < 1.29 is 22.7 Å². The van der Waals surface area contributed by atoms with E-state index < -0.39 is 35.1 Å². The Labute approximate surface area is 179 Å². The van der Waals surface area contributed by atoms with Crippen LogP contribution in [0.1, 0.15) is 24.2 Å². The first kappa shape index (κ1) is 21.2. The van der Waals surface area contributed by atoms with Gasteiger partial charge in [-0.2, -0.15) is 0 Å². The zero-order valence-corrected chi connectivity index (χ0v) is 17.0. The van der Waals surface area contributed by atoms with Gasteiger partial charge in [-0.1, -0.05) is 11.6 Å². The second kappa shape index (κ2) is 8.24. The number of hydrogen-bond donors (Lipinski definition) is 2. The molecule has 3 aromatic rings. The van der Waals surface area contributed by atoms with Gasteiger partial charge in [-0.3, -0.25) is 4.79 Å². The van der Waals surface area contributed by atoms with Crippen LogP contribution in [0.3, 0.4) is 0 Å². The standard InChI is InChI=1S/C21H17ClF3N3O3/c1-2-28(21(30)26-10-3-4-14(23)13(22)5-10)18-9-31-8-17-19(18)11-6-15(24)16(25)7-12(11)20(29)27-17/h3-7,18H,2,8-9H2,1H3,(H,26,30)(H,27,29). The fraction of sp³-hybridized carbons (Fsp3) is 0.238. The lowest BCUT2D eigenvalue weighted by Gasteiger charge is -2.35. The average Bonchev–Trinajstić information content (AvgIpc) is 2.73. The maximum Gasteiger partial charge on any atom is 0.322 e. The number of benzene rings is 2. The van der Waals surface area contributed by atoms with Crippen molar-refractivity contribution in [2.24, 2.45) is 0 Å². The number of nitrogens with zero attached hydrogens (tertiary/aromatic N) is 1. The number of halogens is 4. The van der Waals surface area contributed by atoms with Crippen molar-refractivity contribution in [3.63, 3.8) is 0 Å². The summed E-state index contributed by atoms with van der Waals surface area (Å²) in [5.74, 6) is -2.86. The molecule has 1 atom stereocenters. The third-order valence-corrected chi connectivity index (χ3v) is 5.48. The SMILES string of the molecule is CCN(C(=O)Nc1ccc(F)c(Cl)c1)C1COCc2[nH]c(=O)c3cc(F)c(F)cc3c21. The molecule has 0 fully saturated rings. The molecule has 31 heavy (non-hydrogen) atoms. The number of anilines is 1. The van der Waals surface area contributed by atoms with Gasteiger partial charge in [0, 0.05) is 23.5 Å². The lowest BCUT2D eigenvalue weighted by molar-refractivity contribution is 0.0471. The zero-order chi connectivity index (χ0) is 22.3. The van der Waals surface area contributed by atoms with Gasteiger partial charge in [0.05, 0.1) is 29.7 Å². The quantitative estimate of drug-likeness (QED) is 0.605. The fourth-order valence-corrected chi connectivity index (χ4v) is 3.94. The molecule has 4 rings (SSSR count). The molecule has 0 saturated heterocycles. The van der Waals surface area contributed by atoms with Gasteiger partial charge in [-0.05, 0) is 42.6 Å². The summed E-state index contributed by atoms with van der Waals surface area (Å²) in [6, 6.07) is 4.35. The molecule has 0 spiro atoms. The summed E-state index contributed by atoms with van der Waals surface area (Å²) >= 11 is 5.77. The van der Waals surface area contributed by atoms with Gasteiger partial charge in [0.25, 0.3) is 5.56 Å². The number of pyridine rings is 1. The number of fused-ring (bicyclic) bond motifs is 3. The fourth-order valence-electron chi connectivity index (χ4n) is 3.76. The molecule has 6 nitrogen and oxygen atoms in total. The van der Waals surface area contributed by atoms with Crippen LogP contribution in [0, 0.1) is 17.5 Å². The Bertz CT molecular complexity index is 1250. The van der Waals surface area contributed by atoms with Gasteiger partial charge >= 0.3 is 6.03 Å². The number of nitrogens with one attached hydrogen (secondary N) is 2. The highest BCUT2D eigenvalue weighted by atomic mass is 35.5. The minimum absolute atomic E-state index is 0.0219. The average molecular weight is 452 g/mol. The molecule has 10 heteroatoms. The molecule has 0 saturated carbocycles. The first-order chi connectivity index (χ1) is 14.8. The summed E-state index contributed by atoms with van der Waals surface area (Å²) in [6.07, 6.45) is 0. The topological polar surface area (TPSA) is 74.4 Å². The summed E-state index contributed by atoms with van der Waals surface area (Å²) in [7, 11) is 0. The van der Waals surface area contributed by atoms with Crippen LogP contribution in [0.15, 0.2) is 35.1 Å². The number of ether oxygens (including phenoxy) is 1. The summed E-state index contributed by atoms with van der Waals surface area (Å²) in [6.45, 7) is 2.11. The number of hydrogen-bond acceptors (Lipinski definition) is 3. The van der Waals surface area contributed by atoms with Crippen LogP contribution >= 0.6 is 11.6 Å². The minimum Gasteiger partial charge on any atom is -0.373 e. The third-order valence-electron chi connectivity index (χ3n) is 5.19. The van der Waals surface area contributed by atoms with Gasteiger partial charge in [-0.25, -0.2) is 18.0 Å². The lowest BCUT2D eigenvalue weighted by Crippen LogP contribution is -2.42. The van der Waals surface area contributed by atoms with E-state index in [1.165, 1.54) is 17.0 Å². The number of H-pyrrole nitrogens is 1. The van der Waals surface area contributed by atoms with Crippen LogP contribution in [0.25, 0.3) is 10.8 Å². The van der Waals surface area contributed by atoms with Crippen LogP contribution in [0.2, 0.25) is 5.02 Å².